The molecule has 1 aromatic carbocycles. The van der Waals surface area contributed by atoms with Gasteiger partial charge in [0, 0.05) is 37.1 Å². The maximum atomic E-state index is 12.6. The van der Waals surface area contributed by atoms with Crippen LogP contribution in [0.5, 0.6) is 0 Å². The smallest absolute Gasteiger partial charge is 0.323 e. The number of aromatic nitrogens is 1. The Morgan fingerprint density at radius 2 is 2.00 bits per heavy atom. The minimum absolute atomic E-state index is 0.0490. The Morgan fingerprint density at radius 1 is 1.19 bits per heavy atom. The van der Waals surface area contributed by atoms with Crippen molar-refractivity contribution in [2.24, 2.45) is 4.99 Å². The lowest BCUT2D eigenvalue weighted by molar-refractivity contribution is -0.115. The monoisotopic (exact) mass is 476 g/mol. The summed E-state index contributed by atoms with van der Waals surface area (Å²) in [5.41, 5.74) is 1.05. The highest BCUT2D eigenvalue weighted by Crippen LogP contribution is 2.22. The molecule has 3 amide bonds. The van der Waals surface area contributed by atoms with Gasteiger partial charge < -0.3 is 10.6 Å². The quantitative estimate of drug-likeness (QED) is 0.587. The van der Waals surface area contributed by atoms with E-state index in [1.807, 2.05) is 0 Å². The number of hydrogen-bond donors (Lipinski definition) is 3. The van der Waals surface area contributed by atoms with Gasteiger partial charge in [-0.1, -0.05) is 6.42 Å². The molecule has 2 aliphatic heterocycles. The summed E-state index contributed by atoms with van der Waals surface area (Å²) in [4.78, 5) is 34.4. The van der Waals surface area contributed by atoms with Gasteiger partial charge in [-0.2, -0.15) is 0 Å². The Hall–Kier alpha value is -2.99. The van der Waals surface area contributed by atoms with Crippen LogP contribution >= 0.6 is 11.3 Å². The Balaban J connectivity index is 1.34. The van der Waals surface area contributed by atoms with Gasteiger partial charge in [0.1, 0.15) is 5.84 Å². The molecule has 3 heterocycles. The number of urea groups is 1. The van der Waals surface area contributed by atoms with Crippen LogP contribution in [-0.2, 0) is 21.2 Å². The van der Waals surface area contributed by atoms with Gasteiger partial charge in [0.15, 0.2) is 5.13 Å². The summed E-state index contributed by atoms with van der Waals surface area (Å²) >= 11 is 1.31. The fraction of sp³-hybridized carbons (Fsp3) is 0.400. The van der Waals surface area contributed by atoms with E-state index in [0.29, 0.717) is 48.4 Å². The van der Waals surface area contributed by atoms with E-state index >= 15 is 0 Å². The minimum Gasteiger partial charge on any atom is -0.336 e. The van der Waals surface area contributed by atoms with Crippen molar-refractivity contribution < 1.29 is 18.0 Å². The van der Waals surface area contributed by atoms with Gasteiger partial charge in [0.2, 0.25) is 5.91 Å². The lowest BCUT2D eigenvalue weighted by Crippen LogP contribution is -2.30. The zero-order chi connectivity index (χ0) is 22.6. The largest absolute Gasteiger partial charge is 0.336 e. The summed E-state index contributed by atoms with van der Waals surface area (Å²) in [6.45, 7) is 1.76. The zero-order valence-corrected chi connectivity index (χ0v) is 19.0. The fourth-order valence-corrected chi connectivity index (χ4v) is 5.35. The number of sulfonamides is 1. The lowest BCUT2D eigenvalue weighted by Gasteiger charge is -2.10. The molecule has 1 saturated heterocycles. The molecule has 170 valence electrons. The molecular formula is C20H24N6O4S2. The van der Waals surface area contributed by atoms with E-state index in [1.54, 1.807) is 22.4 Å². The third-order valence-corrected chi connectivity index (χ3v) is 7.35. The first-order valence-electron chi connectivity index (χ1n) is 10.4. The number of carbonyl (C=O) groups excluding carboxylic acids is 2. The van der Waals surface area contributed by atoms with Crippen LogP contribution in [-0.4, -0.2) is 50.8 Å². The number of anilines is 2. The number of rotatable bonds is 6. The Bertz CT molecular complexity index is 1130. The molecule has 4 rings (SSSR count). The molecule has 0 unspecified atom stereocenters. The molecule has 1 aromatic heterocycles. The second-order valence-corrected chi connectivity index (χ2v) is 10.0. The average molecular weight is 477 g/mol. The molecule has 12 heteroatoms. The molecule has 0 atom stereocenters. The minimum atomic E-state index is -3.72. The van der Waals surface area contributed by atoms with Crippen LogP contribution in [0.3, 0.4) is 0 Å². The van der Waals surface area contributed by atoms with Crippen molar-refractivity contribution in [1.82, 2.24) is 15.0 Å². The molecule has 1 fully saturated rings. The number of nitrogens with zero attached hydrogens (tertiary/aromatic N) is 3. The summed E-state index contributed by atoms with van der Waals surface area (Å²) in [6, 6.07) is 5.79. The molecule has 2 aliphatic rings. The molecule has 0 aliphatic carbocycles. The number of amidine groups is 1. The summed E-state index contributed by atoms with van der Waals surface area (Å²) in [5.74, 6) is 0.211. The molecule has 3 N–H and O–H groups in total. The summed E-state index contributed by atoms with van der Waals surface area (Å²) in [5, 5.41) is 7.76. The van der Waals surface area contributed by atoms with Crippen molar-refractivity contribution in [3.05, 3.63) is 35.3 Å². The number of aliphatic imine (C=N–C) groups is 1. The van der Waals surface area contributed by atoms with Crippen LogP contribution in [0, 0.1) is 0 Å². The third-order valence-electron chi connectivity index (χ3n) is 5.04. The predicted molar refractivity (Wildman–Crippen MR) is 123 cm³/mol. The molecule has 0 saturated carbocycles. The van der Waals surface area contributed by atoms with Crippen molar-refractivity contribution in [2.75, 3.05) is 29.9 Å². The molecule has 2 aromatic rings. The van der Waals surface area contributed by atoms with Crippen LogP contribution in [0.2, 0.25) is 0 Å². The van der Waals surface area contributed by atoms with Crippen molar-refractivity contribution in [3.8, 4) is 0 Å². The number of hydrogen-bond acceptors (Lipinski definition) is 7. The van der Waals surface area contributed by atoms with Gasteiger partial charge in [-0.3, -0.25) is 19.4 Å². The molecule has 0 radical (unpaired) electrons. The highest BCUT2D eigenvalue weighted by molar-refractivity contribution is 7.90. The van der Waals surface area contributed by atoms with E-state index in [2.05, 4.69) is 25.3 Å². The van der Waals surface area contributed by atoms with E-state index in [1.165, 1.54) is 23.5 Å². The molecule has 0 spiro atoms. The van der Waals surface area contributed by atoms with Crippen molar-refractivity contribution in [3.63, 3.8) is 0 Å². The van der Waals surface area contributed by atoms with Crippen LogP contribution < -0.4 is 20.3 Å². The standard InChI is InChI=1S/C20H24N6O4S2/c27-18(12-15-13-31-20(24-15)26-11-10-22-19(26)28)23-14-5-7-16(8-6-14)32(29,30)25-17-4-2-1-3-9-21-17/h5-8,13H,1-4,9-12H2,(H,21,25)(H,22,28)(H,23,27). The van der Waals surface area contributed by atoms with Crippen molar-refractivity contribution in [1.29, 1.82) is 0 Å². The van der Waals surface area contributed by atoms with Gasteiger partial charge in [-0.15, -0.1) is 11.3 Å². The van der Waals surface area contributed by atoms with Gasteiger partial charge in [0.25, 0.3) is 10.0 Å². The Kier molecular flexibility index (Phi) is 6.70. The number of nitrogens with one attached hydrogen (secondary N) is 3. The molecule has 10 nitrogen and oxygen atoms in total. The van der Waals surface area contributed by atoms with Gasteiger partial charge in [-0.05, 0) is 37.1 Å². The summed E-state index contributed by atoms with van der Waals surface area (Å²) in [6.07, 6.45) is 3.59. The van der Waals surface area contributed by atoms with Gasteiger partial charge in [0.05, 0.1) is 17.0 Å². The number of amides is 3. The lowest BCUT2D eigenvalue weighted by atomic mass is 10.2. The topological polar surface area (TPSA) is 133 Å². The predicted octanol–water partition coefficient (Wildman–Crippen LogP) is 2.10. The Morgan fingerprint density at radius 3 is 2.75 bits per heavy atom. The third kappa shape index (κ3) is 5.43. The van der Waals surface area contributed by atoms with Crippen LogP contribution in [0.15, 0.2) is 39.5 Å². The average Bonchev–Trinajstić information content (AvgIpc) is 3.30. The van der Waals surface area contributed by atoms with Crippen LogP contribution in [0.4, 0.5) is 15.6 Å². The maximum Gasteiger partial charge on any atom is 0.323 e. The highest BCUT2D eigenvalue weighted by atomic mass is 32.2. The van der Waals surface area contributed by atoms with Crippen LogP contribution in [0.25, 0.3) is 0 Å². The number of carbonyl (C=O) groups is 2. The fourth-order valence-electron chi connectivity index (χ4n) is 3.41. The first-order chi connectivity index (χ1) is 15.4. The summed E-state index contributed by atoms with van der Waals surface area (Å²) < 4.78 is 27.8. The zero-order valence-electron chi connectivity index (χ0n) is 17.3. The van der Waals surface area contributed by atoms with E-state index < -0.39 is 10.0 Å². The van der Waals surface area contributed by atoms with E-state index in [0.717, 1.165) is 19.3 Å². The van der Waals surface area contributed by atoms with Gasteiger partial charge >= 0.3 is 6.03 Å². The van der Waals surface area contributed by atoms with E-state index in [-0.39, 0.29) is 23.3 Å². The van der Waals surface area contributed by atoms with Crippen LogP contribution in [0.1, 0.15) is 31.4 Å². The molecule has 0 bridgehead atoms. The maximum absolute atomic E-state index is 12.6. The molecular weight excluding hydrogens is 452 g/mol. The first kappa shape index (κ1) is 22.2. The number of benzene rings is 1. The normalized spacial score (nSPS) is 16.8. The van der Waals surface area contributed by atoms with Crippen molar-refractivity contribution >= 4 is 50.0 Å². The number of thiazole rings is 1. The summed E-state index contributed by atoms with van der Waals surface area (Å²) in [7, 11) is -3.72. The second-order valence-electron chi connectivity index (χ2n) is 7.50. The molecule has 32 heavy (non-hydrogen) atoms. The highest BCUT2D eigenvalue weighted by Gasteiger charge is 2.24. The van der Waals surface area contributed by atoms with E-state index in [9.17, 15) is 18.0 Å². The Labute approximate surface area is 190 Å². The second kappa shape index (κ2) is 9.65. The van der Waals surface area contributed by atoms with Crippen molar-refractivity contribution in [2.45, 2.75) is 37.0 Å². The first-order valence-corrected chi connectivity index (χ1v) is 12.7. The van der Waals surface area contributed by atoms with E-state index in [4.69, 9.17) is 0 Å². The SMILES string of the molecule is O=C(Cc1csc(N2CCNC2=O)n1)Nc1ccc(S(=O)(=O)NC2=NCCCCC2)cc1. The van der Waals surface area contributed by atoms with Gasteiger partial charge in [-0.25, -0.2) is 18.2 Å².